The highest BCUT2D eigenvalue weighted by Crippen LogP contribution is 2.32. The number of ether oxygens (including phenoxy) is 1. The standard InChI is InChI=1S/C23H23NO2S/c1-17-7-5-6-16-24(17)23(25)22-15-14-21(27-22)18-10-12-20(13-11-18)26-19-8-3-2-4-9-19/h2-4,8-15,17H,5-7,16H2,1H3. The van der Waals surface area contributed by atoms with Crippen molar-refractivity contribution in [2.75, 3.05) is 6.54 Å². The van der Waals surface area contributed by atoms with E-state index in [1.165, 1.54) is 6.42 Å². The summed E-state index contributed by atoms with van der Waals surface area (Å²) < 4.78 is 5.85. The number of amides is 1. The molecule has 1 amide bonds. The number of piperidine rings is 1. The Balaban J connectivity index is 1.47. The van der Waals surface area contributed by atoms with Crippen LogP contribution in [0.25, 0.3) is 10.4 Å². The molecule has 0 aliphatic carbocycles. The van der Waals surface area contributed by atoms with Gasteiger partial charge in [0.05, 0.1) is 4.88 Å². The van der Waals surface area contributed by atoms with Gasteiger partial charge < -0.3 is 9.64 Å². The van der Waals surface area contributed by atoms with Crippen molar-refractivity contribution < 1.29 is 9.53 Å². The summed E-state index contributed by atoms with van der Waals surface area (Å²) in [5.74, 6) is 1.80. The maximum absolute atomic E-state index is 12.8. The normalized spacial score (nSPS) is 16.9. The third-order valence-electron chi connectivity index (χ3n) is 5.00. The molecule has 1 aliphatic heterocycles. The van der Waals surface area contributed by atoms with Crippen molar-refractivity contribution in [1.29, 1.82) is 0 Å². The highest BCUT2D eigenvalue weighted by Gasteiger charge is 2.25. The number of thiophene rings is 1. The Kier molecular flexibility index (Phi) is 5.26. The molecule has 1 aliphatic rings. The van der Waals surface area contributed by atoms with E-state index in [1.54, 1.807) is 11.3 Å². The van der Waals surface area contributed by atoms with Gasteiger partial charge in [0.1, 0.15) is 11.5 Å². The van der Waals surface area contributed by atoms with Crippen molar-refractivity contribution >= 4 is 17.2 Å². The van der Waals surface area contributed by atoms with Crippen LogP contribution in [0.2, 0.25) is 0 Å². The van der Waals surface area contributed by atoms with Gasteiger partial charge in [-0.05, 0) is 80.3 Å². The topological polar surface area (TPSA) is 29.5 Å². The zero-order valence-electron chi connectivity index (χ0n) is 15.4. The van der Waals surface area contributed by atoms with Crippen LogP contribution in [0.15, 0.2) is 66.7 Å². The molecule has 138 valence electrons. The molecule has 0 saturated carbocycles. The maximum atomic E-state index is 12.8. The quantitative estimate of drug-likeness (QED) is 0.540. The van der Waals surface area contributed by atoms with E-state index < -0.39 is 0 Å². The molecule has 2 aromatic carbocycles. The number of hydrogen-bond acceptors (Lipinski definition) is 3. The van der Waals surface area contributed by atoms with Crippen LogP contribution in [0.4, 0.5) is 0 Å². The number of likely N-dealkylation sites (tertiary alicyclic amines) is 1. The molecule has 3 aromatic rings. The Bertz CT molecular complexity index is 902. The van der Waals surface area contributed by atoms with E-state index in [1.807, 2.05) is 71.6 Å². The van der Waals surface area contributed by atoms with Crippen LogP contribution in [0, 0.1) is 0 Å². The zero-order chi connectivity index (χ0) is 18.6. The highest BCUT2D eigenvalue weighted by molar-refractivity contribution is 7.17. The first-order valence-electron chi connectivity index (χ1n) is 9.45. The first-order valence-corrected chi connectivity index (χ1v) is 10.3. The molecular formula is C23H23NO2S. The second kappa shape index (κ2) is 7.97. The van der Waals surface area contributed by atoms with Gasteiger partial charge in [-0.25, -0.2) is 0 Å². The molecule has 0 N–H and O–H groups in total. The predicted octanol–water partition coefficient (Wildman–Crippen LogP) is 6.22. The second-order valence-electron chi connectivity index (χ2n) is 6.95. The fourth-order valence-corrected chi connectivity index (χ4v) is 4.43. The molecule has 4 rings (SSSR count). The lowest BCUT2D eigenvalue weighted by molar-refractivity contribution is 0.0640. The lowest BCUT2D eigenvalue weighted by atomic mass is 10.0. The van der Waals surface area contributed by atoms with E-state index in [0.29, 0.717) is 6.04 Å². The van der Waals surface area contributed by atoms with Crippen LogP contribution in [0.1, 0.15) is 35.9 Å². The minimum absolute atomic E-state index is 0.169. The summed E-state index contributed by atoms with van der Waals surface area (Å²) in [5, 5.41) is 0. The lowest BCUT2D eigenvalue weighted by Gasteiger charge is -2.33. The van der Waals surface area contributed by atoms with Gasteiger partial charge in [0.2, 0.25) is 0 Å². The van der Waals surface area contributed by atoms with Crippen molar-refractivity contribution in [3.8, 4) is 21.9 Å². The summed E-state index contributed by atoms with van der Waals surface area (Å²) in [6.07, 6.45) is 3.43. The average molecular weight is 378 g/mol. The Labute approximate surface area is 164 Å². The molecule has 1 unspecified atom stereocenters. The van der Waals surface area contributed by atoms with E-state index >= 15 is 0 Å². The van der Waals surface area contributed by atoms with Crippen molar-refractivity contribution in [2.24, 2.45) is 0 Å². The van der Waals surface area contributed by atoms with E-state index in [9.17, 15) is 4.79 Å². The van der Waals surface area contributed by atoms with Crippen molar-refractivity contribution in [3.05, 3.63) is 71.6 Å². The smallest absolute Gasteiger partial charge is 0.264 e. The number of nitrogens with zero attached hydrogens (tertiary/aromatic N) is 1. The van der Waals surface area contributed by atoms with E-state index in [2.05, 4.69) is 6.92 Å². The molecule has 1 atom stereocenters. The first kappa shape index (κ1) is 17.8. The minimum Gasteiger partial charge on any atom is -0.457 e. The molecule has 27 heavy (non-hydrogen) atoms. The number of rotatable bonds is 4. The van der Waals surface area contributed by atoms with Gasteiger partial charge in [-0.2, -0.15) is 0 Å². The average Bonchev–Trinajstić information content (AvgIpc) is 3.19. The van der Waals surface area contributed by atoms with Gasteiger partial charge in [-0.15, -0.1) is 11.3 Å². The number of para-hydroxylation sites is 1. The predicted molar refractivity (Wildman–Crippen MR) is 111 cm³/mol. The first-order chi connectivity index (χ1) is 13.2. The number of hydrogen-bond donors (Lipinski definition) is 0. The molecule has 0 bridgehead atoms. The van der Waals surface area contributed by atoms with Gasteiger partial charge in [0.25, 0.3) is 5.91 Å². The van der Waals surface area contributed by atoms with Crippen LogP contribution in [0.5, 0.6) is 11.5 Å². The molecule has 1 saturated heterocycles. The number of carbonyl (C=O) groups excluding carboxylic acids is 1. The molecule has 1 fully saturated rings. The van der Waals surface area contributed by atoms with Crippen molar-refractivity contribution in [1.82, 2.24) is 4.90 Å². The summed E-state index contributed by atoms with van der Waals surface area (Å²) in [5.41, 5.74) is 1.10. The number of carbonyl (C=O) groups is 1. The summed E-state index contributed by atoms with van der Waals surface area (Å²) >= 11 is 1.57. The van der Waals surface area contributed by atoms with E-state index in [4.69, 9.17) is 4.74 Å². The molecule has 2 heterocycles. The monoisotopic (exact) mass is 377 g/mol. The Morgan fingerprint density at radius 1 is 0.963 bits per heavy atom. The third kappa shape index (κ3) is 4.06. The Morgan fingerprint density at radius 3 is 2.44 bits per heavy atom. The van der Waals surface area contributed by atoms with Gasteiger partial charge in [0, 0.05) is 17.5 Å². The summed E-state index contributed by atoms with van der Waals surface area (Å²) in [6.45, 7) is 3.02. The zero-order valence-corrected chi connectivity index (χ0v) is 16.2. The van der Waals surface area contributed by atoms with Crippen molar-refractivity contribution in [3.63, 3.8) is 0 Å². The Morgan fingerprint density at radius 2 is 1.70 bits per heavy atom. The second-order valence-corrected chi connectivity index (χ2v) is 8.03. The summed E-state index contributed by atoms with van der Waals surface area (Å²) in [7, 11) is 0. The van der Waals surface area contributed by atoms with Crippen LogP contribution in [-0.4, -0.2) is 23.4 Å². The minimum atomic E-state index is 0.169. The van der Waals surface area contributed by atoms with Crippen LogP contribution < -0.4 is 4.74 Å². The van der Waals surface area contributed by atoms with E-state index in [-0.39, 0.29) is 5.91 Å². The molecule has 1 aromatic heterocycles. The van der Waals surface area contributed by atoms with Gasteiger partial charge in [-0.1, -0.05) is 18.2 Å². The summed E-state index contributed by atoms with van der Waals surface area (Å²) in [4.78, 5) is 16.8. The van der Waals surface area contributed by atoms with Crippen LogP contribution in [-0.2, 0) is 0 Å². The maximum Gasteiger partial charge on any atom is 0.264 e. The Hall–Kier alpha value is -2.59. The molecule has 0 radical (unpaired) electrons. The van der Waals surface area contributed by atoms with Crippen molar-refractivity contribution in [2.45, 2.75) is 32.2 Å². The molecule has 3 nitrogen and oxygen atoms in total. The highest BCUT2D eigenvalue weighted by atomic mass is 32.1. The third-order valence-corrected chi connectivity index (χ3v) is 6.12. The molecule has 4 heteroatoms. The van der Waals surface area contributed by atoms with Crippen LogP contribution in [0.3, 0.4) is 0 Å². The lowest BCUT2D eigenvalue weighted by Crippen LogP contribution is -2.41. The van der Waals surface area contributed by atoms with Gasteiger partial charge >= 0.3 is 0 Å². The fraction of sp³-hybridized carbons (Fsp3) is 0.261. The molecule has 0 spiro atoms. The van der Waals surface area contributed by atoms with Gasteiger partial charge in [0.15, 0.2) is 0 Å². The molecular weight excluding hydrogens is 354 g/mol. The fourth-order valence-electron chi connectivity index (χ4n) is 3.46. The van der Waals surface area contributed by atoms with E-state index in [0.717, 1.165) is 46.2 Å². The number of benzene rings is 2. The van der Waals surface area contributed by atoms with Crippen LogP contribution >= 0.6 is 11.3 Å². The van der Waals surface area contributed by atoms with Gasteiger partial charge in [-0.3, -0.25) is 4.79 Å². The largest absolute Gasteiger partial charge is 0.457 e. The SMILES string of the molecule is CC1CCCCN1C(=O)c1ccc(-c2ccc(Oc3ccccc3)cc2)s1. The summed E-state index contributed by atoms with van der Waals surface area (Å²) in [6, 6.07) is 22.1.